The normalized spacial score (nSPS) is 21.9. The lowest BCUT2D eigenvalue weighted by Gasteiger charge is -2.38. The highest BCUT2D eigenvalue weighted by atomic mass is 32.1. The van der Waals surface area contributed by atoms with Crippen LogP contribution in [0.25, 0.3) is 0 Å². The predicted molar refractivity (Wildman–Crippen MR) is 80.7 cm³/mol. The van der Waals surface area contributed by atoms with E-state index in [4.69, 9.17) is 12.2 Å². The molecule has 18 heavy (non-hydrogen) atoms. The highest BCUT2D eigenvalue weighted by molar-refractivity contribution is 7.80. The Kier molecular flexibility index (Phi) is 3.47. The molecule has 0 unspecified atom stereocenters. The minimum Gasteiger partial charge on any atom is -0.361 e. The Morgan fingerprint density at radius 3 is 2.22 bits per heavy atom. The minimum atomic E-state index is -0.0619. The molecule has 0 atom stereocenters. The molecule has 3 heteroatoms. The molecule has 0 spiro atoms. The van der Waals surface area contributed by atoms with Gasteiger partial charge < -0.3 is 5.32 Å². The molecular formula is C15H22N2S. The molecule has 1 saturated heterocycles. The van der Waals surface area contributed by atoms with Crippen LogP contribution in [-0.2, 0) is 6.42 Å². The van der Waals surface area contributed by atoms with Gasteiger partial charge in [0.2, 0.25) is 0 Å². The van der Waals surface area contributed by atoms with Gasteiger partial charge in [0.25, 0.3) is 0 Å². The van der Waals surface area contributed by atoms with Gasteiger partial charge in [0.15, 0.2) is 0 Å². The average Bonchev–Trinajstić information content (AvgIpc) is 2.44. The van der Waals surface area contributed by atoms with Gasteiger partial charge in [0.1, 0.15) is 0 Å². The molecule has 1 fully saturated rings. The number of hydrogen-bond donors (Lipinski definition) is 1. The van der Waals surface area contributed by atoms with E-state index in [2.05, 4.69) is 68.2 Å². The quantitative estimate of drug-likeness (QED) is 0.843. The predicted octanol–water partition coefficient (Wildman–Crippen LogP) is 2.98. The standard InChI is InChI=1S/C15H22N2S/c1-14(2)13(18)16-15(3,4)17(14)11-10-12-8-6-5-7-9-12/h5-9H,10-11H2,1-4H3,(H,16,18). The van der Waals surface area contributed by atoms with Crippen LogP contribution in [0.2, 0.25) is 0 Å². The number of hydrogen-bond acceptors (Lipinski definition) is 2. The zero-order valence-electron chi connectivity index (χ0n) is 11.7. The molecule has 2 nitrogen and oxygen atoms in total. The number of nitrogens with zero attached hydrogens (tertiary/aromatic N) is 1. The van der Waals surface area contributed by atoms with Crippen LogP contribution in [0.4, 0.5) is 0 Å². The molecule has 0 saturated carbocycles. The third-order valence-electron chi connectivity index (χ3n) is 3.79. The third-order valence-corrected chi connectivity index (χ3v) is 4.39. The molecule has 98 valence electrons. The second-order valence-corrected chi connectivity index (χ2v) is 6.37. The summed E-state index contributed by atoms with van der Waals surface area (Å²) in [6.45, 7) is 9.79. The van der Waals surface area contributed by atoms with E-state index in [0.717, 1.165) is 18.0 Å². The first-order valence-corrected chi connectivity index (χ1v) is 6.89. The zero-order valence-corrected chi connectivity index (χ0v) is 12.5. The highest BCUT2D eigenvalue weighted by Gasteiger charge is 2.47. The van der Waals surface area contributed by atoms with E-state index in [0.29, 0.717) is 0 Å². The molecule has 0 radical (unpaired) electrons. The summed E-state index contributed by atoms with van der Waals surface area (Å²) in [5.41, 5.74) is 1.25. The molecule has 1 aliphatic heterocycles. The maximum atomic E-state index is 5.46. The van der Waals surface area contributed by atoms with Crippen molar-refractivity contribution in [3.63, 3.8) is 0 Å². The molecule has 0 aromatic heterocycles. The van der Waals surface area contributed by atoms with Crippen LogP contribution < -0.4 is 5.32 Å². The SMILES string of the molecule is CC1(C)NC(=S)C(C)(C)N1CCc1ccccc1. The number of nitrogens with one attached hydrogen (secondary N) is 1. The van der Waals surface area contributed by atoms with Crippen molar-refractivity contribution in [3.05, 3.63) is 35.9 Å². The van der Waals surface area contributed by atoms with Gasteiger partial charge >= 0.3 is 0 Å². The first-order chi connectivity index (χ1) is 8.34. The van der Waals surface area contributed by atoms with Gasteiger partial charge in [0.05, 0.1) is 16.2 Å². The lowest BCUT2D eigenvalue weighted by atomic mass is 10.0. The van der Waals surface area contributed by atoms with E-state index in [-0.39, 0.29) is 11.2 Å². The van der Waals surface area contributed by atoms with Crippen molar-refractivity contribution in [2.75, 3.05) is 6.54 Å². The first kappa shape index (κ1) is 13.5. The molecule has 0 aliphatic carbocycles. The molecule has 1 aliphatic rings. The van der Waals surface area contributed by atoms with Gasteiger partial charge in [-0.3, -0.25) is 4.90 Å². The summed E-state index contributed by atoms with van der Waals surface area (Å²) in [5.74, 6) is 0. The van der Waals surface area contributed by atoms with E-state index < -0.39 is 0 Å². The first-order valence-electron chi connectivity index (χ1n) is 6.48. The fraction of sp³-hybridized carbons (Fsp3) is 0.533. The Bertz CT molecular complexity index is 437. The Labute approximate surface area is 115 Å². The van der Waals surface area contributed by atoms with Crippen LogP contribution in [0.3, 0.4) is 0 Å². The van der Waals surface area contributed by atoms with Crippen molar-refractivity contribution in [2.24, 2.45) is 0 Å². The molecule has 1 N–H and O–H groups in total. The maximum absolute atomic E-state index is 5.46. The van der Waals surface area contributed by atoms with E-state index in [9.17, 15) is 0 Å². The molecule has 2 rings (SSSR count). The number of benzene rings is 1. The molecular weight excluding hydrogens is 240 g/mol. The molecule has 0 amide bonds. The zero-order chi connectivity index (χ0) is 13.4. The molecule has 0 bridgehead atoms. The van der Waals surface area contributed by atoms with Crippen LogP contribution in [0, 0.1) is 0 Å². The summed E-state index contributed by atoms with van der Waals surface area (Å²) in [4.78, 5) is 3.40. The monoisotopic (exact) mass is 262 g/mol. The van der Waals surface area contributed by atoms with E-state index in [1.54, 1.807) is 0 Å². The van der Waals surface area contributed by atoms with Crippen LogP contribution in [-0.4, -0.2) is 27.6 Å². The summed E-state index contributed by atoms with van der Waals surface area (Å²) in [5, 5.41) is 3.43. The van der Waals surface area contributed by atoms with Crippen molar-refractivity contribution >= 4 is 17.2 Å². The fourth-order valence-electron chi connectivity index (χ4n) is 2.76. The number of rotatable bonds is 3. The highest BCUT2D eigenvalue weighted by Crippen LogP contribution is 2.31. The minimum absolute atomic E-state index is 0.0602. The van der Waals surface area contributed by atoms with E-state index in [1.807, 2.05) is 0 Å². The Hall–Kier alpha value is -0.930. The van der Waals surface area contributed by atoms with Gasteiger partial charge in [-0.2, -0.15) is 0 Å². The van der Waals surface area contributed by atoms with Crippen molar-refractivity contribution in [3.8, 4) is 0 Å². The largest absolute Gasteiger partial charge is 0.361 e. The molecule has 1 aromatic rings. The fourth-order valence-corrected chi connectivity index (χ4v) is 3.12. The Balaban J connectivity index is 2.10. The van der Waals surface area contributed by atoms with Crippen LogP contribution in [0.15, 0.2) is 30.3 Å². The van der Waals surface area contributed by atoms with Crippen LogP contribution in [0.1, 0.15) is 33.3 Å². The summed E-state index contributed by atoms with van der Waals surface area (Å²) >= 11 is 5.46. The van der Waals surface area contributed by atoms with Crippen molar-refractivity contribution < 1.29 is 0 Å². The van der Waals surface area contributed by atoms with Crippen molar-refractivity contribution in [1.82, 2.24) is 10.2 Å². The summed E-state index contributed by atoms with van der Waals surface area (Å²) in [6.07, 6.45) is 1.05. The van der Waals surface area contributed by atoms with Crippen LogP contribution >= 0.6 is 12.2 Å². The average molecular weight is 262 g/mol. The lowest BCUT2D eigenvalue weighted by molar-refractivity contribution is 0.0826. The molecule has 1 heterocycles. The van der Waals surface area contributed by atoms with Gasteiger partial charge in [-0.15, -0.1) is 0 Å². The topological polar surface area (TPSA) is 15.3 Å². The number of thiocarbonyl (C=S) groups is 1. The summed E-state index contributed by atoms with van der Waals surface area (Å²) in [6, 6.07) is 10.6. The lowest BCUT2D eigenvalue weighted by Crippen LogP contribution is -2.52. The second-order valence-electron chi connectivity index (χ2n) is 5.96. The van der Waals surface area contributed by atoms with Gasteiger partial charge in [0, 0.05) is 6.54 Å². The van der Waals surface area contributed by atoms with Crippen molar-refractivity contribution in [2.45, 2.75) is 45.3 Å². The smallest absolute Gasteiger partial charge is 0.0969 e. The van der Waals surface area contributed by atoms with E-state index in [1.165, 1.54) is 5.56 Å². The Morgan fingerprint density at radius 2 is 1.72 bits per heavy atom. The van der Waals surface area contributed by atoms with Crippen molar-refractivity contribution in [1.29, 1.82) is 0 Å². The third kappa shape index (κ3) is 2.43. The van der Waals surface area contributed by atoms with Crippen LogP contribution in [0.5, 0.6) is 0 Å². The summed E-state index contributed by atoms with van der Waals surface area (Å²) in [7, 11) is 0. The van der Waals surface area contributed by atoms with Gasteiger partial charge in [-0.25, -0.2) is 0 Å². The van der Waals surface area contributed by atoms with E-state index >= 15 is 0 Å². The molecule has 1 aromatic carbocycles. The van der Waals surface area contributed by atoms with Gasteiger partial charge in [-0.1, -0.05) is 42.5 Å². The second kappa shape index (κ2) is 4.63. The van der Waals surface area contributed by atoms with Gasteiger partial charge in [-0.05, 0) is 39.7 Å². The maximum Gasteiger partial charge on any atom is 0.0969 e. The Morgan fingerprint density at radius 1 is 1.11 bits per heavy atom. The summed E-state index contributed by atoms with van der Waals surface area (Å²) < 4.78 is 0.